The van der Waals surface area contributed by atoms with E-state index in [0.29, 0.717) is 0 Å². The average molecular weight is 256 g/mol. The molecule has 3 nitrogen and oxygen atoms in total. The Morgan fingerprint density at radius 1 is 1.21 bits per heavy atom. The van der Waals surface area contributed by atoms with E-state index in [1.54, 1.807) is 6.20 Å². The number of nitrogens with two attached hydrogens (primary N) is 1. The number of benzene rings is 1. The number of rotatable bonds is 6. The SMILES string of the molecule is CCCOc1ccccc1C(N)Cc1cccnc1. The summed E-state index contributed by atoms with van der Waals surface area (Å²) in [5.41, 5.74) is 8.49. The Bertz CT molecular complexity index is 499. The minimum atomic E-state index is -0.0720. The molecule has 1 aromatic heterocycles. The van der Waals surface area contributed by atoms with E-state index < -0.39 is 0 Å². The Morgan fingerprint density at radius 2 is 2.05 bits per heavy atom. The Hall–Kier alpha value is -1.87. The highest BCUT2D eigenvalue weighted by Gasteiger charge is 2.12. The molecule has 2 aromatic rings. The van der Waals surface area contributed by atoms with Crippen molar-refractivity contribution in [1.82, 2.24) is 4.98 Å². The fraction of sp³-hybridized carbons (Fsp3) is 0.312. The predicted octanol–water partition coefficient (Wildman–Crippen LogP) is 3.11. The van der Waals surface area contributed by atoms with Gasteiger partial charge in [-0.25, -0.2) is 0 Å². The van der Waals surface area contributed by atoms with Crippen LogP contribution in [0.3, 0.4) is 0 Å². The highest BCUT2D eigenvalue weighted by Crippen LogP contribution is 2.26. The van der Waals surface area contributed by atoms with Crippen molar-refractivity contribution in [2.45, 2.75) is 25.8 Å². The molecule has 0 aliphatic rings. The number of hydrogen-bond acceptors (Lipinski definition) is 3. The summed E-state index contributed by atoms with van der Waals surface area (Å²) in [4.78, 5) is 4.12. The molecule has 3 heteroatoms. The predicted molar refractivity (Wildman–Crippen MR) is 77.1 cm³/mol. The van der Waals surface area contributed by atoms with Crippen molar-refractivity contribution in [3.8, 4) is 5.75 Å². The molecule has 100 valence electrons. The van der Waals surface area contributed by atoms with Crippen LogP contribution in [0.5, 0.6) is 5.75 Å². The van der Waals surface area contributed by atoms with Gasteiger partial charge in [0.05, 0.1) is 6.61 Å². The molecule has 0 saturated carbocycles. The molecule has 0 saturated heterocycles. The summed E-state index contributed by atoms with van der Waals surface area (Å²) >= 11 is 0. The summed E-state index contributed by atoms with van der Waals surface area (Å²) in [7, 11) is 0. The highest BCUT2D eigenvalue weighted by molar-refractivity contribution is 5.36. The summed E-state index contributed by atoms with van der Waals surface area (Å²) in [6.07, 6.45) is 5.38. The molecule has 0 bridgehead atoms. The van der Waals surface area contributed by atoms with Crippen LogP contribution < -0.4 is 10.5 Å². The fourth-order valence-electron chi connectivity index (χ4n) is 2.01. The Balaban J connectivity index is 2.12. The molecule has 0 aliphatic heterocycles. The van der Waals surface area contributed by atoms with E-state index >= 15 is 0 Å². The van der Waals surface area contributed by atoms with Gasteiger partial charge in [0.15, 0.2) is 0 Å². The summed E-state index contributed by atoms with van der Waals surface area (Å²) in [6, 6.07) is 11.9. The normalized spacial score (nSPS) is 12.1. The van der Waals surface area contributed by atoms with Crippen LogP contribution in [0.4, 0.5) is 0 Å². The third-order valence-corrected chi connectivity index (χ3v) is 2.96. The van der Waals surface area contributed by atoms with Gasteiger partial charge in [-0.15, -0.1) is 0 Å². The second-order valence-electron chi connectivity index (χ2n) is 4.56. The first-order valence-corrected chi connectivity index (χ1v) is 6.67. The lowest BCUT2D eigenvalue weighted by Crippen LogP contribution is -2.15. The number of pyridine rings is 1. The van der Waals surface area contributed by atoms with Crippen molar-refractivity contribution in [2.75, 3.05) is 6.61 Å². The number of para-hydroxylation sites is 1. The van der Waals surface area contributed by atoms with Crippen molar-refractivity contribution in [1.29, 1.82) is 0 Å². The number of nitrogens with zero attached hydrogens (tertiary/aromatic N) is 1. The van der Waals surface area contributed by atoms with Gasteiger partial charge in [0.25, 0.3) is 0 Å². The van der Waals surface area contributed by atoms with Crippen molar-refractivity contribution in [3.05, 3.63) is 59.9 Å². The summed E-state index contributed by atoms with van der Waals surface area (Å²) in [5, 5.41) is 0. The van der Waals surface area contributed by atoms with Crippen LogP contribution in [0.1, 0.15) is 30.5 Å². The van der Waals surface area contributed by atoms with Crippen molar-refractivity contribution >= 4 is 0 Å². The first-order valence-electron chi connectivity index (χ1n) is 6.67. The number of hydrogen-bond donors (Lipinski definition) is 1. The van der Waals surface area contributed by atoms with Gasteiger partial charge in [0, 0.05) is 24.0 Å². The number of aromatic nitrogens is 1. The van der Waals surface area contributed by atoms with Crippen LogP contribution >= 0.6 is 0 Å². The molecule has 1 unspecified atom stereocenters. The van der Waals surface area contributed by atoms with E-state index in [9.17, 15) is 0 Å². The molecular weight excluding hydrogens is 236 g/mol. The molecule has 0 fully saturated rings. The summed E-state index contributed by atoms with van der Waals surface area (Å²) in [5.74, 6) is 0.890. The van der Waals surface area contributed by atoms with Gasteiger partial charge in [-0.2, -0.15) is 0 Å². The first kappa shape index (κ1) is 13.6. The third-order valence-electron chi connectivity index (χ3n) is 2.96. The van der Waals surface area contributed by atoms with Crippen LogP contribution in [-0.4, -0.2) is 11.6 Å². The topological polar surface area (TPSA) is 48.1 Å². The molecule has 1 aromatic carbocycles. The fourth-order valence-corrected chi connectivity index (χ4v) is 2.01. The zero-order valence-electron chi connectivity index (χ0n) is 11.3. The molecule has 0 spiro atoms. The van der Waals surface area contributed by atoms with Gasteiger partial charge in [0.2, 0.25) is 0 Å². The number of ether oxygens (including phenoxy) is 1. The maximum atomic E-state index is 6.29. The monoisotopic (exact) mass is 256 g/mol. The minimum absolute atomic E-state index is 0.0720. The average Bonchev–Trinajstić information content (AvgIpc) is 2.46. The van der Waals surface area contributed by atoms with E-state index in [0.717, 1.165) is 36.3 Å². The van der Waals surface area contributed by atoms with E-state index in [4.69, 9.17) is 10.5 Å². The Labute approximate surface area is 114 Å². The van der Waals surface area contributed by atoms with E-state index in [-0.39, 0.29) is 6.04 Å². The largest absolute Gasteiger partial charge is 0.493 e. The zero-order chi connectivity index (χ0) is 13.5. The third kappa shape index (κ3) is 3.80. The quantitative estimate of drug-likeness (QED) is 0.864. The second kappa shape index (κ2) is 6.90. The molecule has 1 atom stereocenters. The van der Waals surface area contributed by atoms with Crippen LogP contribution in [0.15, 0.2) is 48.8 Å². The van der Waals surface area contributed by atoms with Gasteiger partial charge < -0.3 is 10.5 Å². The van der Waals surface area contributed by atoms with Gasteiger partial charge in [0.1, 0.15) is 5.75 Å². The molecule has 2 rings (SSSR count). The van der Waals surface area contributed by atoms with Crippen molar-refractivity contribution < 1.29 is 4.74 Å². The molecule has 0 radical (unpaired) electrons. The molecule has 19 heavy (non-hydrogen) atoms. The smallest absolute Gasteiger partial charge is 0.124 e. The Morgan fingerprint density at radius 3 is 2.79 bits per heavy atom. The van der Waals surface area contributed by atoms with Crippen LogP contribution in [0.25, 0.3) is 0 Å². The van der Waals surface area contributed by atoms with E-state index in [2.05, 4.69) is 11.9 Å². The van der Waals surface area contributed by atoms with Crippen LogP contribution in [-0.2, 0) is 6.42 Å². The van der Waals surface area contributed by atoms with Gasteiger partial charge >= 0.3 is 0 Å². The van der Waals surface area contributed by atoms with Crippen LogP contribution in [0, 0.1) is 0 Å². The van der Waals surface area contributed by atoms with Gasteiger partial charge in [-0.3, -0.25) is 4.98 Å². The zero-order valence-corrected chi connectivity index (χ0v) is 11.3. The lowest BCUT2D eigenvalue weighted by atomic mass is 10.00. The van der Waals surface area contributed by atoms with E-state index in [1.807, 2.05) is 42.6 Å². The minimum Gasteiger partial charge on any atom is -0.493 e. The maximum Gasteiger partial charge on any atom is 0.124 e. The van der Waals surface area contributed by atoms with Crippen molar-refractivity contribution in [3.63, 3.8) is 0 Å². The van der Waals surface area contributed by atoms with Crippen molar-refractivity contribution in [2.24, 2.45) is 5.73 Å². The van der Waals surface area contributed by atoms with Gasteiger partial charge in [-0.05, 0) is 30.5 Å². The molecule has 1 heterocycles. The molecule has 2 N–H and O–H groups in total. The second-order valence-corrected chi connectivity index (χ2v) is 4.56. The van der Waals surface area contributed by atoms with Gasteiger partial charge in [-0.1, -0.05) is 31.2 Å². The summed E-state index contributed by atoms with van der Waals surface area (Å²) in [6.45, 7) is 2.81. The standard InChI is InChI=1S/C16H20N2O/c1-2-10-19-16-8-4-3-7-14(16)15(17)11-13-6-5-9-18-12-13/h3-9,12,15H,2,10-11,17H2,1H3. The Kier molecular flexibility index (Phi) is 4.93. The molecule has 0 aliphatic carbocycles. The molecular formula is C16H20N2O. The van der Waals surface area contributed by atoms with E-state index in [1.165, 1.54) is 0 Å². The lowest BCUT2D eigenvalue weighted by molar-refractivity contribution is 0.312. The summed E-state index contributed by atoms with van der Waals surface area (Å²) < 4.78 is 5.75. The lowest BCUT2D eigenvalue weighted by Gasteiger charge is -2.16. The first-order chi connectivity index (χ1) is 9.31. The highest BCUT2D eigenvalue weighted by atomic mass is 16.5. The molecule has 0 amide bonds. The maximum absolute atomic E-state index is 6.29. The van der Waals surface area contributed by atoms with Crippen LogP contribution in [0.2, 0.25) is 0 Å².